The van der Waals surface area contributed by atoms with Crippen LogP contribution in [0.3, 0.4) is 0 Å². The smallest absolute Gasteiger partial charge is 0.0975 e. The number of aliphatic hydroxyl groups is 1. The van der Waals surface area contributed by atoms with Crippen molar-refractivity contribution >= 4 is 5.69 Å². The van der Waals surface area contributed by atoms with E-state index in [4.69, 9.17) is 4.74 Å². The fourth-order valence-corrected chi connectivity index (χ4v) is 3.51. The van der Waals surface area contributed by atoms with Crippen molar-refractivity contribution < 1.29 is 9.84 Å². The van der Waals surface area contributed by atoms with Crippen LogP contribution in [-0.4, -0.2) is 31.9 Å². The van der Waals surface area contributed by atoms with E-state index in [0.29, 0.717) is 6.61 Å². The van der Waals surface area contributed by atoms with Gasteiger partial charge in [0.1, 0.15) is 0 Å². The predicted molar refractivity (Wildman–Crippen MR) is 90.4 cm³/mol. The van der Waals surface area contributed by atoms with Crippen LogP contribution in [0.15, 0.2) is 36.4 Å². The molecule has 0 aromatic heterocycles. The van der Waals surface area contributed by atoms with Crippen LogP contribution in [0.5, 0.6) is 0 Å². The minimum absolute atomic E-state index is 0.536. The standard InChI is InChI=1S/C19H25NO2/c1-22-12-4-2-3-9-18(21)17-13-15-7-5-10-20-11-6-8-16(14-17)19(15)20/h2-4,9,13-14,18,21H,5-8,10-12H2,1H3/b4-2+,9-3+. The first-order valence-electron chi connectivity index (χ1n) is 8.20. The Kier molecular flexibility index (Phi) is 4.96. The summed E-state index contributed by atoms with van der Waals surface area (Å²) in [6, 6.07) is 4.40. The highest BCUT2D eigenvalue weighted by molar-refractivity contribution is 5.64. The van der Waals surface area contributed by atoms with Gasteiger partial charge in [0.15, 0.2) is 0 Å². The van der Waals surface area contributed by atoms with Crippen molar-refractivity contribution in [3.63, 3.8) is 0 Å². The lowest BCUT2D eigenvalue weighted by atomic mass is 9.89. The number of allylic oxidation sites excluding steroid dienone is 2. The van der Waals surface area contributed by atoms with E-state index in [9.17, 15) is 5.11 Å². The van der Waals surface area contributed by atoms with Crippen LogP contribution in [0.25, 0.3) is 0 Å². The number of benzene rings is 1. The third-order valence-corrected chi connectivity index (χ3v) is 4.50. The van der Waals surface area contributed by atoms with Gasteiger partial charge in [-0.25, -0.2) is 0 Å². The van der Waals surface area contributed by atoms with Gasteiger partial charge in [0, 0.05) is 25.9 Å². The molecular formula is C19H25NO2. The monoisotopic (exact) mass is 299 g/mol. The van der Waals surface area contributed by atoms with Crippen LogP contribution < -0.4 is 4.90 Å². The van der Waals surface area contributed by atoms with E-state index in [0.717, 1.165) is 18.4 Å². The third-order valence-electron chi connectivity index (χ3n) is 4.50. The average Bonchev–Trinajstić information content (AvgIpc) is 2.55. The van der Waals surface area contributed by atoms with Crippen molar-refractivity contribution in [1.82, 2.24) is 0 Å². The maximum Gasteiger partial charge on any atom is 0.0975 e. The summed E-state index contributed by atoms with van der Waals surface area (Å²) in [6.45, 7) is 2.97. The summed E-state index contributed by atoms with van der Waals surface area (Å²) in [7, 11) is 1.67. The summed E-state index contributed by atoms with van der Waals surface area (Å²) in [6.07, 6.45) is 11.8. The molecule has 2 aliphatic heterocycles. The number of hydrogen-bond acceptors (Lipinski definition) is 3. The Morgan fingerprint density at radius 2 is 1.86 bits per heavy atom. The summed E-state index contributed by atoms with van der Waals surface area (Å²) >= 11 is 0. The van der Waals surface area contributed by atoms with Gasteiger partial charge in [-0.1, -0.05) is 36.4 Å². The summed E-state index contributed by atoms with van der Waals surface area (Å²) in [5.74, 6) is 0. The van der Waals surface area contributed by atoms with E-state index in [2.05, 4.69) is 17.0 Å². The molecule has 0 aliphatic carbocycles. The van der Waals surface area contributed by atoms with Gasteiger partial charge < -0.3 is 14.7 Å². The van der Waals surface area contributed by atoms with Gasteiger partial charge in [-0.3, -0.25) is 0 Å². The molecule has 0 saturated heterocycles. The Morgan fingerprint density at radius 1 is 1.18 bits per heavy atom. The third kappa shape index (κ3) is 3.26. The second-order valence-corrected chi connectivity index (χ2v) is 6.10. The number of hydrogen-bond donors (Lipinski definition) is 1. The Hall–Kier alpha value is -1.58. The lowest BCUT2D eigenvalue weighted by Crippen LogP contribution is -2.34. The molecular weight excluding hydrogens is 274 g/mol. The lowest BCUT2D eigenvalue weighted by molar-refractivity contribution is 0.228. The van der Waals surface area contributed by atoms with Crippen molar-refractivity contribution in [2.75, 3.05) is 31.7 Å². The number of anilines is 1. The number of aliphatic hydroxyl groups excluding tert-OH is 1. The molecule has 1 aromatic carbocycles. The number of nitrogens with zero attached hydrogens (tertiary/aromatic N) is 1. The highest BCUT2D eigenvalue weighted by atomic mass is 16.5. The fraction of sp³-hybridized carbons (Fsp3) is 0.474. The zero-order valence-electron chi connectivity index (χ0n) is 13.3. The van der Waals surface area contributed by atoms with Crippen LogP contribution in [0.2, 0.25) is 0 Å². The number of methoxy groups -OCH3 is 1. The van der Waals surface area contributed by atoms with Crippen LogP contribution in [-0.2, 0) is 17.6 Å². The van der Waals surface area contributed by atoms with Crippen LogP contribution in [0.1, 0.15) is 35.6 Å². The first-order chi connectivity index (χ1) is 10.8. The minimum Gasteiger partial charge on any atom is -0.384 e. The van der Waals surface area contributed by atoms with E-state index in [1.807, 2.05) is 24.3 Å². The van der Waals surface area contributed by atoms with Gasteiger partial charge in [-0.2, -0.15) is 0 Å². The summed E-state index contributed by atoms with van der Waals surface area (Å²) in [4.78, 5) is 2.52. The zero-order valence-corrected chi connectivity index (χ0v) is 13.3. The molecule has 3 nitrogen and oxygen atoms in total. The van der Waals surface area contributed by atoms with Crippen LogP contribution in [0, 0.1) is 0 Å². The summed E-state index contributed by atoms with van der Waals surface area (Å²) < 4.78 is 4.95. The molecule has 0 amide bonds. The fourth-order valence-electron chi connectivity index (χ4n) is 3.51. The molecule has 1 aromatic rings. The van der Waals surface area contributed by atoms with E-state index >= 15 is 0 Å². The minimum atomic E-state index is -0.536. The molecule has 1 unspecified atom stereocenters. The Morgan fingerprint density at radius 3 is 2.50 bits per heavy atom. The second kappa shape index (κ2) is 7.12. The maximum absolute atomic E-state index is 10.4. The molecule has 0 spiro atoms. The molecule has 3 rings (SSSR count). The van der Waals surface area contributed by atoms with Crippen molar-refractivity contribution in [3.8, 4) is 0 Å². The zero-order chi connectivity index (χ0) is 15.4. The van der Waals surface area contributed by atoms with Crippen molar-refractivity contribution in [1.29, 1.82) is 0 Å². The largest absolute Gasteiger partial charge is 0.384 e. The van der Waals surface area contributed by atoms with Crippen LogP contribution >= 0.6 is 0 Å². The second-order valence-electron chi connectivity index (χ2n) is 6.10. The van der Waals surface area contributed by atoms with E-state index in [1.165, 1.54) is 42.7 Å². The van der Waals surface area contributed by atoms with Gasteiger partial charge in [0.25, 0.3) is 0 Å². The quantitative estimate of drug-likeness (QED) is 0.848. The maximum atomic E-state index is 10.4. The Bertz CT molecular complexity index is 546. The SMILES string of the molecule is COC/C=C/C=C/C(O)c1cc2c3c(c1)CCCN3CCC2. The van der Waals surface area contributed by atoms with E-state index in [1.54, 1.807) is 7.11 Å². The molecule has 2 aliphatic rings. The summed E-state index contributed by atoms with van der Waals surface area (Å²) in [5, 5.41) is 10.4. The molecule has 1 atom stereocenters. The molecule has 0 radical (unpaired) electrons. The van der Waals surface area contributed by atoms with Crippen molar-refractivity contribution in [3.05, 3.63) is 53.1 Å². The number of aryl methyl sites for hydroxylation is 2. The van der Waals surface area contributed by atoms with Gasteiger partial charge in [-0.15, -0.1) is 0 Å². The highest BCUT2D eigenvalue weighted by Gasteiger charge is 2.24. The van der Waals surface area contributed by atoms with Gasteiger partial charge in [0.05, 0.1) is 12.7 Å². The van der Waals surface area contributed by atoms with Gasteiger partial charge in [0.2, 0.25) is 0 Å². The molecule has 0 fully saturated rings. The molecule has 2 heterocycles. The molecule has 3 heteroatoms. The predicted octanol–water partition coefficient (Wildman–Crippen LogP) is 3.18. The highest BCUT2D eigenvalue weighted by Crippen LogP contribution is 2.37. The van der Waals surface area contributed by atoms with Crippen molar-refractivity contribution in [2.24, 2.45) is 0 Å². The molecule has 22 heavy (non-hydrogen) atoms. The number of rotatable bonds is 5. The van der Waals surface area contributed by atoms with Crippen molar-refractivity contribution in [2.45, 2.75) is 31.8 Å². The Labute approximate surface area is 132 Å². The average molecular weight is 299 g/mol. The normalized spacial score (nSPS) is 18.9. The van der Waals surface area contributed by atoms with Crippen LogP contribution in [0.4, 0.5) is 5.69 Å². The summed E-state index contributed by atoms with van der Waals surface area (Å²) in [5.41, 5.74) is 5.31. The first-order valence-corrected chi connectivity index (χ1v) is 8.20. The lowest BCUT2D eigenvalue weighted by Gasteiger charge is -2.37. The molecule has 118 valence electrons. The van der Waals surface area contributed by atoms with E-state index < -0.39 is 6.10 Å². The molecule has 0 bridgehead atoms. The van der Waals surface area contributed by atoms with Gasteiger partial charge in [-0.05, 0) is 42.4 Å². The first kappa shape index (κ1) is 15.3. The topological polar surface area (TPSA) is 32.7 Å². The Balaban J connectivity index is 1.80. The molecule has 1 N–H and O–H groups in total. The van der Waals surface area contributed by atoms with Gasteiger partial charge >= 0.3 is 0 Å². The number of ether oxygens (including phenoxy) is 1. The molecule has 0 saturated carbocycles. The van der Waals surface area contributed by atoms with E-state index in [-0.39, 0.29) is 0 Å².